The molecular weight excluding hydrogens is 440 g/mol. The molecule has 0 bridgehead atoms. The van der Waals surface area contributed by atoms with Crippen LogP contribution in [0.25, 0.3) is 21.9 Å². The number of amides is 1. The molecule has 2 aliphatic heterocycles. The molecule has 35 heavy (non-hydrogen) atoms. The minimum absolute atomic E-state index is 0.0415. The average molecular weight is 479 g/mol. The SMILES string of the molecule is Cc1c(CC(=O)NC[C@@H]2CCCN3CCCC[C@@H]23)c(=O)oc2c(C)c3occ(C(C)(C)C)c3cc12. The van der Waals surface area contributed by atoms with E-state index in [-0.39, 0.29) is 17.7 Å². The molecule has 0 radical (unpaired) electrons. The predicted molar refractivity (Wildman–Crippen MR) is 139 cm³/mol. The Labute approximate surface area is 207 Å². The maximum absolute atomic E-state index is 13.0. The van der Waals surface area contributed by atoms with Crippen LogP contribution in [-0.2, 0) is 16.6 Å². The predicted octanol–water partition coefficient (Wildman–Crippen LogP) is 5.38. The van der Waals surface area contributed by atoms with Crippen molar-refractivity contribution in [2.75, 3.05) is 19.6 Å². The molecular formula is C29H38N2O4. The molecule has 2 fully saturated rings. The average Bonchev–Trinajstić information content (AvgIpc) is 3.26. The Hall–Kier alpha value is -2.60. The first-order valence-electron chi connectivity index (χ1n) is 13.1. The number of benzene rings is 1. The van der Waals surface area contributed by atoms with Gasteiger partial charge in [-0.1, -0.05) is 27.2 Å². The van der Waals surface area contributed by atoms with Crippen LogP contribution in [0.1, 0.15) is 75.1 Å². The van der Waals surface area contributed by atoms with Crippen molar-refractivity contribution in [2.24, 2.45) is 5.92 Å². The summed E-state index contributed by atoms with van der Waals surface area (Å²) in [6.07, 6.45) is 8.00. The topological polar surface area (TPSA) is 75.7 Å². The van der Waals surface area contributed by atoms with E-state index in [2.05, 4.69) is 37.1 Å². The Morgan fingerprint density at radius 2 is 1.83 bits per heavy atom. The zero-order valence-corrected chi connectivity index (χ0v) is 21.8. The Morgan fingerprint density at radius 1 is 1.06 bits per heavy atom. The number of rotatable bonds is 4. The Morgan fingerprint density at radius 3 is 2.60 bits per heavy atom. The Balaban J connectivity index is 1.40. The van der Waals surface area contributed by atoms with Crippen LogP contribution < -0.4 is 10.9 Å². The summed E-state index contributed by atoms with van der Waals surface area (Å²) in [5.74, 6) is 0.388. The maximum Gasteiger partial charge on any atom is 0.340 e. The largest absolute Gasteiger partial charge is 0.464 e. The van der Waals surface area contributed by atoms with Crippen molar-refractivity contribution < 1.29 is 13.6 Å². The summed E-state index contributed by atoms with van der Waals surface area (Å²) in [6.45, 7) is 13.4. The lowest BCUT2D eigenvalue weighted by molar-refractivity contribution is -0.120. The third-order valence-corrected chi connectivity index (χ3v) is 8.28. The van der Waals surface area contributed by atoms with Gasteiger partial charge in [0.25, 0.3) is 0 Å². The lowest BCUT2D eigenvalue weighted by Crippen LogP contribution is -2.51. The number of nitrogens with zero attached hydrogens (tertiary/aromatic N) is 1. The van der Waals surface area contributed by atoms with Gasteiger partial charge in [-0.05, 0) is 75.6 Å². The van der Waals surface area contributed by atoms with Gasteiger partial charge in [0.2, 0.25) is 5.91 Å². The zero-order valence-electron chi connectivity index (χ0n) is 21.8. The summed E-state index contributed by atoms with van der Waals surface area (Å²) in [6, 6.07) is 2.64. The number of aryl methyl sites for hydroxylation is 2. The van der Waals surface area contributed by atoms with Crippen LogP contribution in [-0.4, -0.2) is 36.5 Å². The molecule has 0 saturated carbocycles. The highest BCUT2D eigenvalue weighted by Crippen LogP contribution is 2.37. The van der Waals surface area contributed by atoms with Gasteiger partial charge in [-0.15, -0.1) is 0 Å². The molecule has 2 saturated heterocycles. The molecule has 188 valence electrons. The van der Waals surface area contributed by atoms with E-state index < -0.39 is 5.63 Å². The van der Waals surface area contributed by atoms with Gasteiger partial charge in [0.15, 0.2) is 0 Å². The van der Waals surface area contributed by atoms with E-state index in [1.165, 1.54) is 38.8 Å². The van der Waals surface area contributed by atoms with Crippen molar-refractivity contribution in [1.82, 2.24) is 10.2 Å². The summed E-state index contributed by atoms with van der Waals surface area (Å²) >= 11 is 0. The molecule has 1 aromatic carbocycles. The van der Waals surface area contributed by atoms with Gasteiger partial charge >= 0.3 is 5.63 Å². The summed E-state index contributed by atoms with van der Waals surface area (Å²) in [5.41, 5.74) is 3.96. The molecule has 2 atom stereocenters. The minimum atomic E-state index is -0.439. The molecule has 4 heterocycles. The summed E-state index contributed by atoms with van der Waals surface area (Å²) in [4.78, 5) is 28.5. The van der Waals surface area contributed by atoms with Gasteiger partial charge in [-0.3, -0.25) is 4.79 Å². The minimum Gasteiger partial charge on any atom is -0.464 e. The third-order valence-electron chi connectivity index (χ3n) is 8.28. The first kappa shape index (κ1) is 24.1. The number of fused-ring (bicyclic) bond motifs is 3. The fraction of sp³-hybridized carbons (Fsp3) is 0.586. The summed E-state index contributed by atoms with van der Waals surface area (Å²) < 4.78 is 11.7. The van der Waals surface area contributed by atoms with E-state index >= 15 is 0 Å². The number of hydrogen-bond acceptors (Lipinski definition) is 5. The first-order valence-corrected chi connectivity index (χ1v) is 13.1. The van der Waals surface area contributed by atoms with E-state index in [0.29, 0.717) is 29.7 Å². The van der Waals surface area contributed by atoms with Gasteiger partial charge in [0, 0.05) is 34.5 Å². The Bertz CT molecular complexity index is 1320. The van der Waals surface area contributed by atoms with E-state index in [1.807, 2.05) is 13.8 Å². The van der Waals surface area contributed by atoms with Crippen LogP contribution in [0.2, 0.25) is 0 Å². The molecule has 2 aromatic heterocycles. The zero-order chi connectivity index (χ0) is 24.9. The fourth-order valence-corrected chi connectivity index (χ4v) is 6.26. The molecule has 0 unspecified atom stereocenters. The van der Waals surface area contributed by atoms with Crippen molar-refractivity contribution in [2.45, 2.75) is 84.6 Å². The van der Waals surface area contributed by atoms with Crippen molar-refractivity contribution in [1.29, 1.82) is 0 Å². The molecule has 0 aliphatic carbocycles. The van der Waals surface area contributed by atoms with Gasteiger partial charge in [-0.2, -0.15) is 0 Å². The quantitative estimate of drug-likeness (QED) is 0.510. The van der Waals surface area contributed by atoms with Gasteiger partial charge in [-0.25, -0.2) is 4.79 Å². The second kappa shape index (κ2) is 9.12. The van der Waals surface area contributed by atoms with Crippen LogP contribution in [0.15, 0.2) is 26.0 Å². The smallest absolute Gasteiger partial charge is 0.340 e. The molecule has 0 spiro atoms. The number of hydrogen-bond donors (Lipinski definition) is 1. The second-order valence-electron chi connectivity index (χ2n) is 11.6. The van der Waals surface area contributed by atoms with E-state index in [4.69, 9.17) is 8.83 Å². The molecule has 5 rings (SSSR count). The highest BCUT2D eigenvalue weighted by molar-refractivity contribution is 6.00. The molecule has 3 aromatic rings. The van der Waals surface area contributed by atoms with Crippen molar-refractivity contribution in [3.8, 4) is 0 Å². The Kier molecular flexibility index (Phi) is 6.28. The van der Waals surface area contributed by atoms with Crippen LogP contribution in [0, 0.1) is 19.8 Å². The molecule has 1 N–H and O–H groups in total. The van der Waals surface area contributed by atoms with Gasteiger partial charge in [0.05, 0.1) is 18.2 Å². The van der Waals surface area contributed by atoms with Crippen LogP contribution >= 0.6 is 0 Å². The second-order valence-corrected chi connectivity index (χ2v) is 11.6. The highest BCUT2D eigenvalue weighted by atomic mass is 16.4. The fourth-order valence-electron chi connectivity index (χ4n) is 6.26. The lowest BCUT2D eigenvalue weighted by atomic mass is 9.83. The lowest BCUT2D eigenvalue weighted by Gasteiger charge is -2.44. The van der Waals surface area contributed by atoms with E-state index in [0.717, 1.165) is 39.5 Å². The van der Waals surface area contributed by atoms with Gasteiger partial charge < -0.3 is 19.1 Å². The van der Waals surface area contributed by atoms with Crippen molar-refractivity contribution >= 4 is 27.8 Å². The van der Waals surface area contributed by atoms with Crippen LogP contribution in [0.5, 0.6) is 0 Å². The normalized spacial score (nSPS) is 21.4. The standard InChI is InChI=1S/C29H38N2O4/c1-17-20-13-22-23(29(3,4)5)16-34-26(22)18(2)27(20)35-28(33)21(17)14-25(32)30-15-19-9-8-12-31-11-7-6-10-24(19)31/h13,16,19,24H,6-12,14-15H2,1-5H3,(H,30,32)/t19-,24-/m0/s1. The van der Waals surface area contributed by atoms with E-state index in [1.54, 1.807) is 6.26 Å². The van der Waals surface area contributed by atoms with Crippen LogP contribution in [0.4, 0.5) is 0 Å². The van der Waals surface area contributed by atoms with Gasteiger partial charge in [0.1, 0.15) is 11.2 Å². The number of carbonyl (C=O) groups is 1. The number of piperidine rings is 2. The third kappa shape index (κ3) is 4.42. The summed E-state index contributed by atoms with van der Waals surface area (Å²) in [5, 5.41) is 5.04. The van der Waals surface area contributed by atoms with Crippen molar-refractivity contribution in [3.63, 3.8) is 0 Å². The molecule has 1 amide bonds. The maximum atomic E-state index is 13.0. The molecule has 6 heteroatoms. The van der Waals surface area contributed by atoms with Crippen LogP contribution in [0.3, 0.4) is 0 Å². The first-order chi connectivity index (χ1) is 16.6. The number of nitrogens with one attached hydrogen (secondary N) is 1. The number of furan rings is 1. The van der Waals surface area contributed by atoms with E-state index in [9.17, 15) is 9.59 Å². The molecule has 6 nitrogen and oxygen atoms in total. The monoisotopic (exact) mass is 478 g/mol. The summed E-state index contributed by atoms with van der Waals surface area (Å²) in [7, 11) is 0. The molecule has 2 aliphatic rings. The highest BCUT2D eigenvalue weighted by Gasteiger charge is 2.33. The number of carbonyl (C=O) groups excluding carboxylic acids is 1. The van der Waals surface area contributed by atoms with Crippen molar-refractivity contribution in [3.05, 3.63) is 45.0 Å².